The van der Waals surface area contributed by atoms with Crippen LogP contribution >= 0.6 is 0 Å². The second-order valence-corrected chi connectivity index (χ2v) is 4.98. The largest absolute Gasteiger partial charge is 0.353 e. The Morgan fingerprint density at radius 2 is 2.00 bits per heavy atom. The maximum atomic E-state index is 11.8. The second-order valence-electron chi connectivity index (χ2n) is 4.98. The summed E-state index contributed by atoms with van der Waals surface area (Å²) < 4.78 is 0. The minimum absolute atomic E-state index is 0. The molecule has 1 rings (SSSR count). The van der Waals surface area contributed by atoms with Crippen LogP contribution in [0.4, 0.5) is 0 Å². The standard InChI is InChI=1S/C11H21NO.H2/c1-8(2)11(3,4)10(13)12-9-6-5-7-9;/h8-9H,5-7H2,1-4H3,(H,12,13);1H. The number of amides is 1. The number of rotatable bonds is 3. The van der Waals surface area contributed by atoms with E-state index in [9.17, 15) is 4.79 Å². The van der Waals surface area contributed by atoms with Crippen molar-refractivity contribution in [3.05, 3.63) is 0 Å². The summed E-state index contributed by atoms with van der Waals surface area (Å²) in [5.74, 6) is 0.611. The van der Waals surface area contributed by atoms with Gasteiger partial charge in [0.05, 0.1) is 0 Å². The van der Waals surface area contributed by atoms with Crippen LogP contribution < -0.4 is 5.32 Å². The van der Waals surface area contributed by atoms with E-state index in [1.165, 1.54) is 19.3 Å². The second kappa shape index (κ2) is 3.69. The van der Waals surface area contributed by atoms with Crippen molar-refractivity contribution >= 4 is 5.91 Å². The molecular weight excluding hydrogens is 162 g/mol. The summed E-state index contributed by atoms with van der Waals surface area (Å²) >= 11 is 0. The zero-order valence-corrected chi connectivity index (χ0v) is 9.18. The highest BCUT2D eigenvalue weighted by Gasteiger charge is 2.33. The summed E-state index contributed by atoms with van der Waals surface area (Å²) in [5, 5.41) is 3.10. The van der Waals surface area contributed by atoms with Crippen molar-refractivity contribution in [1.82, 2.24) is 5.32 Å². The molecule has 78 valence electrons. The lowest BCUT2D eigenvalue weighted by Crippen LogP contribution is -2.47. The van der Waals surface area contributed by atoms with Crippen molar-refractivity contribution in [3.8, 4) is 0 Å². The Bertz CT molecular complexity index is 197. The molecule has 1 aliphatic carbocycles. The van der Waals surface area contributed by atoms with Crippen LogP contribution in [0.15, 0.2) is 0 Å². The molecule has 0 aliphatic heterocycles. The van der Waals surface area contributed by atoms with Gasteiger partial charge in [-0.3, -0.25) is 4.79 Å². The average Bonchev–Trinajstić information content (AvgIpc) is 1.95. The van der Waals surface area contributed by atoms with E-state index < -0.39 is 0 Å². The minimum Gasteiger partial charge on any atom is -0.353 e. The van der Waals surface area contributed by atoms with Crippen LogP contribution in [0.2, 0.25) is 0 Å². The quantitative estimate of drug-likeness (QED) is 0.719. The fourth-order valence-corrected chi connectivity index (χ4v) is 1.19. The first kappa shape index (κ1) is 10.6. The SMILES string of the molecule is CC(C)C(C)(C)C(=O)NC1CCC1.[HH]. The van der Waals surface area contributed by atoms with Gasteiger partial charge in [0.25, 0.3) is 0 Å². The van der Waals surface area contributed by atoms with E-state index in [0.29, 0.717) is 12.0 Å². The number of carbonyl (C=O) groups is 1. The third kappa shape index (κ3) is 2.23. The first-order chi connectivity index (χ1) is 5.94. The van der Waals surface area contributed by atoms with Gasteiger partial charge in [-0.1, -0.05) is 27.7 Å². The topological polar surface area (TPSA) is 29.1 Å². The van der Waals surface area contributed by atoms with Crippen LogP contribution in [0.5, 0.6) is 0 Å². The Hall–Kier alpha value is -0.530. The lowest BCUT2D eigenvalue weighted by Gasteiger charge is -2.33. The van der Waals surface area contributed by atoms with Gasteiger partial charge in [-0.25, -0.2) is 0 Å². The van der Waals surface area contributed by atoms with Gasteiger partial charge in [0.15, 0.2) is 0 Å². The molecule has 0 heterocycles. The Balaban J connectivity index is 0.00000169. The van der Waals surface area contributed by atoms with E-state index in [1.807, 2.05) is 13.8 Å². The highest BCUT2D eigenvalue weighted by atomic mass is 16.2. The van der Waals surface area contributed by atoms with E-state index in [4.69, 9.17) is 0 Å². The molecule has 1 N–H and O–H groups in total. The Morgan fingerprint density at radius 1 is 1.46 bits per heavy atom. The molecule has 0 unspecified atom stereocenters. The van der Waals surface area contributed by atoms with Crippen molar-refractivity contribution in [2.75, 3.05) is 0 Å². The molecule has 0 aromatic rings. The summed E-state index contributed by atoms with van der Waals surface area (Å²) in [4.78, 5) is 11.8. The molecule has 1 amide bonds. The molecule has 1 aliphatic rings. The highest BCUT2D eigenvalue weighted by Crippen LogP contribution is 2.28. The molecular formula is C11H23NO. The average molecular weight is 185 g/mol. The lowest BCUT2D eigenvalue weighted by molar-refractivity contribution is -0.132. The number of hydrogen-bond acceptors (Lipinski definition) is 1. The molecule has 0 spiro atoms. The predicted octanol–water partition coefficient (Wildman–Crippen LogP) is 2.58. The minimum atomic E-state index is -0.227. The smallest absolute Gasteiger partial charge is 0.226 e. The molecule has 13 heavy (non-hydrogen) atoms. The van der Waals surface area contributed by atoms with Crippen molar-refractivity contribution in [2.45, 2.75) is 53.0 Å². The Kier molecular flexibility index (Phi) is 2.99. The van der Waals surface area contributed by atoms with Gasteiger partial charge in [0.2, 0.25) is 5.91 Å². The zero-order valence-electron chi connectivity index (χ0n) is 9.18. The molecule has 0 bridgehead atoms. The lowest BCUT2D eigenvalue weighted by atomic mass is 9.79. The van der Waals surface area contributed by atoms with Gasteiger partial charge in [-0.2, -0.15) is 0 Å². The summed E-state index contributed by atoms with van der Waals surface area (Å²) in [6, 6.07) is 0.463. The number of nitrogens with one attached hydrogen (secondary N) is 1. The van der Waals surface area contributed by atoms with Crippen LogP contribution in [-0.4, -0.2) is 11.9 Å². The molecule has 0 aromatic heterocycles. The van der Waals surface area contributed by atoms with Crippen LogP contribution in [0.25, 0.3) is 0 Å². The van der Waals surface area contributed by atoms with Gasteiger partial charge in [0.1, 0.15) is 0 Å². The molecule has 1 saturated carbocycles. The first-order valence-corrected chi connectivity index (χ1v) is 5.25. The van der Waals surface area contributed by atoms with Crippen molar-refractivity contribution in [3.63, 3.8) is 0 Å². The van der Waals surface area contributed by atoms with Gasteiger partial charge >= 0.3 is 0 Å². The van der Waals surface area contributed by atoms with Gasteiger partial charge in [0, 0.05) is 12.9 Å². The Morgan fingerprint density at radius 3 is 2.31 bits per heavy atom. The van der Waals surface area contributed by atoms with Crippen molar-refractivity contribution in [2.24, 2.45) is 11.3 Å². The molecule has 0 aromatic carbocycles. The van der Waals surface area contributed by atoms with E-state index in [2.05, 4.69) is 19.2 Å². The fourth-order valence-electron chi connectivity index (χ4n) is 1.19. The van der Waals surface area contributed by atoms with Gasteiger partial charge in [-0.05, 0) is 25.2 Å². The van der Waals surface area contributed by atoms with Gasteiger partial charge in [-0.15, -0.1) is 0 Å². The van der Waals surface area contributed by atoms with E-state index in [1.54, 1.807) is 0 Å². The first-order valence-electron chi connectivity index (χ1n) is 5.25. The maximum Gasteiger partial charge on any atom is 0.226 e. The van der Waals surface area contributed by atoms with Crippen molar-refractivity contribution in [1.29, 1.82) is 0 Å². The van der Waals surface area contributed by atoms with E-state index in [-0.39, 0.29) is 12.7 Å². The number of carbonyl (C=O) groups excluding carboxylic acids is 1. The fraction of sp³-hybridized carbons (Fsp3) is 0.909. The summed E-state index contributed by atoms with van der Waals surface area (Å²) in [6.07, 6.45) is 3.60. The highest BCUT2D eigenvalue weighted by molar-refractivity contribution is 5.82. The summed E-state index contributed by atoms with van der Waals surface area (Å²) in [6.45, 7) is 8.23. The van der Waals surface area contributed by atoms with Crippen LogP contribution in [0.3, 0.4) is 0 Å². The molecule has 2 heteroatoms. The number of hydrogen-bond donors (Lipinski definition) is 1. The van der Waals surface area contributed by atoms with E-state index >= 15 is 0 Å². The molecule has 2 nitrogen and oxygen atoms in total. The maximum absolute atomic E-state index is 11.8. The molecule has 1 fully saturated rings. The molecule has 0 radical (unpaired) electrons. The normalized spacial score (nSPS) is 18.5. The van der Waals surface area contributed by atoms with Crippen LogP contribution in [0, 0.1) is 11.3 Å². The summed E-state index contributed by atoms with van der Waals surface area (Å²) in [7, 11) is 0. The van der Waals surface area contributed by atoms with Gasteiger partial charge < -0.3 is 5.32 Å². The zero-order chi connectivity index (χ0) is 10.1. The van der Waals surface area contributed by atoms with Crippen LogP contribution in [0.1, 0.15) is 48.4 Å². The summed E-state index contributed by atoms with van der Waals surface area (Å²) in [5.41, 5.74) is -0.227. The monoisotopic (exact) mass is 185 g/mol. The third-order valence-corrected chi connectivity index (χ3v) is 3.47. The molecule has 0 saturated heterocycles. The Labute approximate surface area is 82.6 Å². The third-order valence-electron chi connectivity index (χ3n) is 3.47. The van der Waals surface area contributed by atoms with Crippen LogP contribution in [-0.2, 0) is 4.79 Å². The van der Waals surface area contributed by atoms with Crippen molar-refractivity contribution < 1.29 is 6.22 Å². The predicted molar refractivity (Wildman–Crippen MR) is 56.5 cm³/mol. The molecule has 0 atom stereocenters. The van der Waals surface area contributed by atoms with E-state index in [0.717, 1.165) is 0 Å².